The van der Waals surface area contributed by atoms with Crippen molar-refractivity contribution in [3.8, 4) is 0 Å². The van der Waals surface area contributed by atoms with Crippen molar-refractivity contribution in [3.05, 3.63) is 28.3 Å². The minimum absolute atomic E-state index is 0.320. The van der Waals surface area contributed by atoms with Crippen LogP contribution in [0.15, 0.2) is 17.2 Å². The topological polar surface area (TPSA) is 91.8 Å². The molecule has 0 fully saturated rings. The van der Waals surface area contributed by atoms with E-state index in [-0.39, 0.29) is 5.69 Å². The molecule has 0 saturated carbocycles. The molecule has 0 atom stereocenters. The first kappa shape index (κ1) is 13.5. The second kappa shape index (κ2) is 4.30. The van der Waals surface area contributed by atoms with E-state index in [2.05, 4.69) is 5.10 Å². The molecule has 1 N–H and O–H groups in total. The van der Waals surface area contributed by atoms with Gasteiger partial charge in [0.25, 0.3) is 9.95 Å². The summed E-state index contributed by atoms with van der Waals surface area (Å²) in [7, 11) is -3.72. The van der Waals surface area contributed by atoms with Gasteiger partial charge in [0.1, 0.15) is 0 Å². The molecule has 2 heterocycles. The van der Waals surface area contributed by atoms with Gasteiger partial charge < -0.3 is 0 Å². The van der Waals surface area contributed by atoms with Crippen LogP contribution < -0.4 is 0 Å². The van der Waals surface area contributed by atoms with Gasteiger partial charge in [0.15, 0.2) is 5.52 Å². The van der Waals surface area contributed by atoms with Gasteiger partial charge in [-0.05, 0) is 25.0 Å². The minimum atomic E-state index is -3.72. The Morgan fingerprint density at radius 3 is 2.53 bits per heavy atom. The SMILES string of the molecule is CCc1ccc(C)n2nc(S(C)(=O)=O)c([N+](=O)O)c12. The largest absolute Gasteiger partial charge is 0.381 e. The lowest BCUT2D eigenvalue weighted by Crippen LogP contribution is -2.03. The van der Waals surface area contributed by atoms with Crippen LogP contribution in [0.4, 0.5) is 5.69 Å². The summed E-state index contributed by atoms with van der Waals surface area (Å²) in [5.74, 6) is 0. The zero-order valence-electron chi connectivity index (χ0n) is 10.8. The Hall–Kier alpha value is -1.96. The molecule has 0 bridgehead atoms. The number of rotatable bonds is 3. The maximum Gasteiger partial charge on any atom is 0.381 e. The van der Waals surface area contributed by atoms with Gasteiger partial charge >= 0.3 is 5.69 Å². The predicted octanol–water partition coefficient (Wildman–Crippen LogP) is 1.41. The van der Waals surface area contributed by atoms with Gasteiger partial charge in [-0.1, -0.05) is 13.0 Å². The van der Waals surface area contributed by atoms with Gasteiger partial charge in [-0.2, -0.15) is 0 Å². The van der Waals surface area contributed by atoms with Crippen LogP contribution in [0.25, 0.3) is 5.52 Å². The van der Waals surface area contributed by atoms with Crippen LogP contribution in [0.5, 0.6) is 0 Å². The molecule has 0 aliphatic heterocycles. The van der Waals surface area contributed by atoms with E-state index in [1.807, 2.05) is 6.92 Å². The molecule has 102 valence electrons. The minimum Gasteiger partial charge on any atom is -0.241 e. The van der Waals surface area contributed by atoms with Gasteiger partial charge in [-0.15, -0.1) is 5.10 Å². The zero-order valence-corrected chi connectivity index (χ0v) is 11.6. The second-order valence-corrected chi connectivity index (χ2v) is 6.24. The molecule has 0 aliphatic rings. The number of fused-ring (bicyclic) bond motifs is 1. The molecule has 0 aliphatic carbocycles. The fraction of sp³-hybridized carbons (Fsp3) is 0.364. The molecule has 0 saturated heterocycles. The Bertz CT molecular complexity index is 777. The Morgan fingerprint density at radius 2 is 2.05 bits per heavy atom. The van der Waals surface area contributed by atoms with E-state index >= 15 is 0 Å². The van der Waals surface area contributed by atoms with E-state index in [4.69, 9.17) is 0 Å². The van der Waals surface area contributed by atoms with E-state index in [0.29, 0.717) is 17.6 Å². The number of pyridine rings is 1. The van der Waals surface area contributed by atoms with Crippen LogP contribution in [-0.2, 0) is 16.3 Å². The molecule has 2 aromatic heterocycles. The highest BCUT2D eigenvalue weighted by Crippen LogP contribution is 2.31. The maximum atomic E-state index is 11.7. The lowest BCUT2D eigenvalue weighted by Gasteiger charge is -2.02. The predicted molar refractivity (Wildman–Crippen MR) is 67.5 cm³/mol. The quantitative estimate of drug-likeness (QED) is 0.860. The Morgan fingerprint density at radius 1 is 1.42 bits per heavy atom. The zero-order chi connectivity index (χ0) is 14.4. The Labute approximate surface area is 109 Å². The number of hydrogen-bond acceptors (Lipinski definition) is 4. The van der Waals surface area contributed by atoms with E-state index in [9.17, 15) is 18.5 Å². The average Bonchev–Trinajstić information content (AvgIpc) is 2.70. The summed E-state index contributed by atoms with van der Waals surface area (Å²) in [6.45, 7) is 3.61. The van der Waals surface area contributed by atoms with Crippen LogP contribution in [0.2, 0.25) is 0 Å². The van der Waals surface area contributed by atoms with Gasteiger partial charge in [0, 0.05) is 11.9 Å². The number of hydrogen-bond donors (Lipinski definition) is 1. The molecule has 2 rings (SSSR count). The molecule has 0 radical (unpaired) electrons. The van der Waals surface area contributed by atoms with Crippen LogP contribution >= 0.6 is 0 Å². The Kier molecular flexibility index (Phi) is 3.05. The molecular formula is C11H14N3O4S+. The summed E-state index contributed by atoms with van der Waals surface area (Å²) in [4.78, 5) is 10.9. The number of aryl methyl sites for hydroxylation is 2. The van der Waals surface area contributed by atoms with Gasteiger partial charge in [-0.25, -0.2) is 18.1 Å². The van der Waals surface area contributed by atoms with E-state index in [0.717, 1.165) is 11.8 Å². The first-order valence-electron chi connectivity index (χ1n) is 5.64. The fourth-order valence-electron chi connectivity index (χ4n) is 2.01. The lowest BCUT2D eigenvalue weighted by molar-refractivity contribution is -0.730. The summed E-state index contributed by atoms with van der Waals surface area (Å²) in [5.41, 5.74) is 1.39. The third kappa shape index (κ3) is 2.07. The van der Waals surface area contributed by atoms with Gasteiger partial charge in [0.05, 0.1) is 4.91 Å². The van der Waals surface area contributed by atoms with Crippen molar-refractivity contribution in [3.63, 3.8) is 0 Å². The monoisotopic (exact) mass is 284 g/mol. The molecule has 0 spiro atoms. The first-order chi connectivity index (χ1) is 8.77. The molecule has 2 aromatic rings. The molecule has 0 unspecified atom stereocenters. The van der Waals surface area contributed by atoms with Crippen LogP contribution in [0.3, 0.4) is 0 Å². The van der Waals surface area contributed by atoms with Crippen LogP contribution in [0.1, 0.15) is 18.2 Å². The van der Waals surface area contributed by atoms with Crippen molar-refractivity contribution in [2.75, 3.05) is 6.26 Å². The van der Waals surface area contributed by atoms with E-state index in [1.165, 1.54) is 4.52 Å². The summed E-state index contributed by atoms with van der Waals surface area (Å²) < 4.78 is 24.7. The third-order valence-corrected chi connectivity index (χ3v) is 3.89. The molecule has 0 aromatic carbocycles. The van der Waals surface area contributed by atoms with Crippen molar-refractivity contribution < 1.29 is 18.5 Å². The highest BCUT2D eigenvalue weighted by Gasteiger charge is 2.35. The van der Waals surface area contributed by atoms with Crippen LogP contribution in [-0.4, -0.2) is 34.4 Å². The number of sulfone groups is 1. The standard InChI is InChI=1S/C11H14N3O4S/c1-4-8-6-5-7(2)13-9(8)10(14(15)16)11(12-13)19(3,17)18/h5-6H,4H2,1-3H3,(H,15,16)/q+1. The van der Waals surface area contributed by atoms with E-state index in [1.54, 1.807) is 19.1 Å². The summed E-state index contributed by atoms with van der Waals surface area (Å²) in [5, 5.41) is 12.7. The van der Waals surface area contributed by atoms with Crippen molar-refractivity contribution in [1.29, 1.82) is 0 Å². The number of nitrogens with zero attached hydrogens (tertiary/aromatic N) is 3. The summed E-state index contributed by atoms with van der Waals surface area (Å²) in [6.07, 6.45) is 1.53. The lowest BCUT2D eigenvalue weighted by atomic mass is 10.1. The summed E-state index contributed by atoms with van der Waals surface area (Å²) in [6, 6.07) is 3.56. The van der Waals surface area contributed by atoms with Crippen molar-refractivity contribution in [2.45, 2.75) is 25.3 Å². The molecule has 8 heteroatoms. The van der Waals surface area contributed by atoms with Gasteiger partial charge in [0.2, 0.25) is 9.84 Å². The first-order valence-corrected chi connectivity index (χ1v) is 7.54. The molecular weight excluding hydrogens is 270 g/mol. The average molecular weight is 284 g/mol. The van der Waals surface area contributed by atoms with Gasteiger partial charge in [-0.3, -0.25) is 0 Å². The summed E-state index contributed by atoms with van der Waals surface area (Å²) >= 11 is 0. The highest BCUT2D eigenvalue weighted by atomic mass is 32.2. The Balaban J connectivity index is 3.06. The van der Waals surface area contributed by atoms with Crippen molar-refractivity contribution in [2.24, 2.45) is 0 Å². The van der Waals surface area contributed by atoms with Crippen LogP contribution in [0, 0.1) is 11.8 Å². The normalized spacial score (nSPS) is 11.9. The fourth-order valence-corrected chi connectivity index (χ4v) is 2.77. The number of aromatic nitrogens is 2. The third-order valence-electron chi connectivity index (χ3n) is 2.92. The van der Waals surface area contributed by atoms with Crippen molar-refractivity contribution >= 4 is 21.0 Å². The molecule has 0 amide bonds. The molecule has 7 nitrogen and oxygen atoms in total. The maximum absolute atomic E-state index is 11.7. The van der Waals surface area contributed by atoms with Crippen molar-refractivity contribution in [1.82, 2.24) is 9.61 Å². The highest BCUT2D eigenvalue weighted by molar-refractivity contribution is 7.90. The second-order valence-electron chi connectivity index (χ2n) is 4.31. The smallest absolute Gasteiger partial charge is 0.241 e. The molecule has 19 heavy (non-hydrogen) atoms. The van der Waals surface area contributed by atoms with E-state index < -0.39 is 19.8 Å².